The minimum absolute atomic E-state index is 0.0765. The van der Waals surface area contributed by atoms with Gasteiger partial charge in [-0.2, -0.15) is 0 Å². The predicted molar refractivity (Wildman–Crippen MR) is 104 cm³/mol. The maximum Gasteiger partial charge on any atom is 0.344 e. The van der Waals surface area contributed by atoms with E-state index in [1.807, 2.05) is 6.92 Å². The van der Waals surface area contributed by atoms with E-state index in [2.05, 4.69) is 5.32 Å². The van der Waals surface area contributed by atoms with Crippen molar-refractivity contribution in [1.29, 1.82) is 0 Å². The number of carbonyl (C=O) groups excluding carboxylic acids is 3. The molecule has 0 bridgehead atoms. The molecule has 0 aliphatic heterocycles. The highest BCUT2D eigenvalue weighted by molar-refractivity contribution is 5.98. The number of benzene rings is 2. The Morgan fingerprint density at radius 1 is 0.893 bits per heavy atom. The van der Waals surface area contributed by atoms with Gasteiger partial charge < -0.3 is 19.5 Å². The molecule has 0 saturated carbocycles. The Kier molecular flexibility index (Phi) is 8.02. The van der Waals surface area contributed by atoms with Crippen LogP contribution in [-0.2, 0) is 14.3 Å². The Bertz CT molecular complexity index is 799. The van der Waals surface area contributed by atoms with Crippen LogP contribution in [0.4, 0.5) is 5.69 Å². The van der Waals surface area contributed by atoms with Crippen molar-refractivity contribution in [3.63, 3.8) is 0 Å². The van der Waals surface area contributed by atoms with E-state index in [0.717, 1.165) is 6.42 Å². The molecule has 0 spiro atoms. The first kappa shape index (κ1) is 21.0. The highest BCUT2D eigenvalue weighted by atomic mass is 16.6. The number of hydrogen-bond acceptors (Lipinski definition) is 6. The number of esters is 1. The van der Waals surface area contributed by atoms with Crippen molar-refractivity contribution in [3.05, 3.63) is 54.1 Å². The smallest absolute Gasteiger partial charge is 0.344 e. The Balaban J connectivity index is 1.76. The Morgan fingerprint density at radius 2 is 1.54 bits per heavy atom. The lowest BCUT2D eigenvalue weighted by Gasteiger charge is -2.08. The van der Waals surface area contributed by atoms with Gasteiger partial charge in [-0.1, -0.05) is 6.92 Å². The van der Waals surface area contributed by atoms with Gasteiger partial charge in [-0.15, -0.1) is 0 Å². The van der Waals surface area contributed by atoms with Gasteiger partial charge in [0.25, 0.3) is 0 Å². The van der Waals surface area contributed by atoms with Crippen molar-refractivity contribution in [3.8, 4) is 11.5 Å². The fraction of sp³-hybridized carbons (Fsp3) is 0.286. The van der Waals surface area contributed by atoms with Gasteiger partial charge in [0, 0.05) is 17.7 Å². The molecule has 1 amide bonds. The summed E-state index contributed by atoms with van der Waals surface area (Å²) in [4.78, 5) is 35.4. The molecule has 7 nitrogen and oxygen atoms in total. The largest absolute Gasteiger partial charge is 0.497 e. The zero-order valence-corrected chi connectivity index (χ0v) is 15.9. The van der Waals surface area contributed by atoms with Gasteiger partial charge >= 0.3 is 5.97 Å². The third kappa shape index (κ3) is 6.75. The summed E-state index contributed by atoms with van der Waals surface area (Å²) in [5, 5.41) is 2.74. The van der Waals surface area contributed by atoms with Crippen molar-refractivity contribution in [1.82, 2.24) is 0 Å². The first-order valence-corrected chi connectivity index (χ1v) is 8.87. The number of methoxy groups -OCH3 is 1. The number of Topliss-reactive ketones (excluding diaryl/α,β-unsaturated/α-hetero) is 1. The molecule has 2 aromatic rings. The van der Waals surface area contributed by atoms with Crippen LogP contribution in [0.15, 0.2) is 48.5 Å². The van der Waals surface area contributed by atoms with Crippen LogP contribution in [0, 0.1) is 0 Å². The minimum Gasteiger partial charge on any atom is -0.497 e. The lowest BCUT2D eigenvalue weighted by Crippen LogP contribution is -2.19. The Hall–Kier alpha value is -3.35. The molecule has 2 aromatic carbocycles. The van der Waals surface area contributed by atoms with E-state index in [1.165, 1.54) is 0 Å². The maximum absolute atomic E-state index is 12.1. The summed E-state index contributed by atoms with van der Waals surface area (Å²) in [5.74, 6) is 0.102. The quantitative estimate of drug-likeness (QED) is 0.499. The third-order valence-corrected chi connectivity index (χ3v) is 3.75. The van der Waals surface area contributed by atoms with Crippen LogP contribution in [-0.4, -0.2) is 38.0 Å². The lowest BCUT2D eigenvalue weighted by molar-refractivity contribution is -0.144. The first-order valence-electron chi connectivity index (χ1n) is 8.87. The average molecular weight is 385 g/mol. The van der Waals surface area contributed by atoms with E-state index >= 15 is 0 Å². The van der Waals surface area contributed by atoms with E-state index in [1.54, 1.807) is 55.6 Å². The van der Waals surface area contributed by atoms with Crippen LogP contribution in [0.2, 0.25) is 0 Å². The monoisotopic (exact) mass is 385 g/mol. The Morgan fingerprint density at radius 3 is 2.14 bits per heavy atom. The molecule has 0 atom stereocenters. The number of amides is 1. The molecule has 0 aliphatic rings. The van der Waals surface area contributed by atoms with Gasteiger partial charge in [0.15, 0.2) is 19.0 Å². The van der Waals surface area contributed by atoms with Crippen molar-refractivity contribution >= 4 is 23.3 Å². The number of nitrogens with one attached hydrogen (secondary N) is 1. The van der Waals surface area contributed by atoms with E-state index < -0.39 is 5.97 Å². The van der Waals surface area contributed by atoms with Crippen LogP contribution >= 0.6 is 0 Å². The highest BCUT2D eigenvalue weighted by Gasteiger charge is 2.11. The number of anilines is 1. The topological polar surface area (TPSA) is 90.9 Å². The van der Waals surface area contributed by atoms with E-state index in [4.69, 9.17) is 14.2 Å². The third-order valence-electron chi connectivity index (χ3n) is 3.75. The highest BCUT2D eigenvalue weighted by Crippen LogP contribution is 2.17. The van der Waals surface area contributed by atoms with Gasteiger partial charge in [-0.25, -0.2) is 4.79 Å². The normalized spacial score (nSPS) is 10.1. The standard InChI is InChI=1S/C21H23NO6/c1-3-4-20(24)22-16-7-5-15(6-8-16)19(23)13-28-21(25)14-27-18-11-9-17(26-2)10-12-18/h5-12H,3-4,13-14H2,1-2H3,(H,22,24). The second-order valence-corrected chi connectivity index (χ2v) is 5.92. The molecule has 7 heteroatoms. The van der Waals surface area contributed by atoms with E-state index in [-0.39, 0.29) is 24.9 Å². The molecule has 148 valence electrons. The average Bonchev–Trinajstić information content (AvgIpc) is 2.71. The second kappa shape index (κ2) is 10.7. The number of ether oxygens (including phenoxy) is 3. The summed E-state index contributed by atoms with van der Waals surface area (Å²) in [6.07, 6.45) is 1.20. The van der Waals surface area contributed by atoms with Gasteiger partial charge in [-0.3, -0.25) is 9.59 Å². The number of ketones is 1. The second-order valence-electron chi connectivity index (χ2n) is 5.92. The lowest BCUT2D eigenvalue weighted by atomic mass is 10.1. The van der Waals surface area contributed by atoms with Crippen molar-refractivity contribution in [2.75, 3.05) is 25.6 Å². The molecule has 28 heavy (non-hydrogen) atoms. The fourth-order valence-corrected chi connectivity index (χ4v) is 2.28. The van der Waals surface area contributed by atoms with Gasteiger partial charge in [0.2, 0.25) is 5.91 Å². The van der Waals surface area contributed by atoms with Crippen molar-refractivity contribution < 1.29 is 28.6 Å². The molecular formula is C21H23NO6. The van der Waals surface area contributed by atoms with E-state index in [0.29, 0.717) is 29.2 Å². The fourth-order valence-electron chi connectivity index (χ4n) is 2.28. The number of hydrogen-bond donors (Lipinski definition) is 1. The molecule has 1 N–H and O–H groups in total. The molecule has 0 radical (unpaired) electrons. The zero-order valence-electron chi connectivity index (χ0n) is 15.9. The molecule has 0 unspecified atom stereocenters. The zero-order chi connectivity index (χ0) is 20.4. The van der Waals surface area contributed by atoms with E-state index in [9.17, 15) is 14.4 Å². The van der Waals surface area contributed by atoms with Gasteiger partial charge in [0.1, 0.15) is 11.5 Å². The molecule has 0 heterocycles. The summed E-state index contributed by atoms with van der Waals surface area (Å²) in [6.45, 7) is 1.24. The summed E-state index contributed by atoms with van der Waals surface area (Å²) in [5.41, 5.74) is 0.997. The van der Waals surface area contributed by atoms with Crippen LogP contribution in [0.3, 0.4) is 0 Å². The number of carbonyl (C=O) groups is 3. The van der Waals surface area contributed by atoms with Crippen molar-refractivity contribution in [2.24, 2.45) is 0 Å². The molecular weight excluding hydrogens is 362 g/mol. The maximum atomic E-state index is 12.1. The van der Waals surface area contributed by atoms with Crippen LogP contribution in [0.5, 0.6) is 11.5 Å². The van der Waals surface area contributed by atoms with Crippen LogP contribution in [0.25, 0.3) is 0 Å². The molecule has 0 aliphatic carbocycles. The first-order chi connectivity index (χ1) is 13.5. The van der Waals surface area contributed by atoms with Gasteiger partial charge in [0.05, 0.1) is 7.11 Å². The van der Waals surface area contributed by atoms with Gasteiger partial charge in [-0.05, 0) is 55.0 Å². The SMILES string of the molecule is CCCC(=O)Nc1ccc(C(=O)COC(=O)COc2ccc(OC)cc2)cc1. The van der Waals surface area contributed by atoms with Crippen LogP contribution in [0.1, 0.15) is 30.1 Å². The molecule has 0 saturated heterocycles. The predicted octanol–water partition coefficient (Wildman–Crippen LogP) is 3.24. The number of rotatable bonds is 10. The van der Waals surface area contributed by atoms with Crippen LogP contribution < -0.4 is 14.8 Å². The minimum atomic E-state index is -0.646. The molecule has 0 fully saturated rings. The molecule has 0 aromatic heterocycles. The Labute approximate surface area is 163 Å². The van der Waals surface area contributed by atoms with Crippen molar-refractivity contribution in [2.45, 2.75) is 19.8 Å². The summed E-state index contributed by atoms with van der Waals surface area (Å²) in [7, 11) is 1.56. The summed E-state index contributed by atoms with van der Waals surface area (Å²) >= 11 is 0. The summed E-state index contributed by atoms with van der Waals surface area (Å²) < 4.78 is 15.3. The molecule has 2 rings (SSSR count). The summed E-state index contributed by atoms with van der Waals surface area (Å²) in [6, 6.07) is 13.2.